The Balaban J connectivity index is 0.000000985. The summed E-state index contributed by atoms with van der Waals surface area (Å²) in [6.45, 7) is 9.58. The topological polar surface area (TPSA) is 239 Å². The quantitative estimate of drug-likeness (QED) is 0.126. The van der Waals surface area contributed by atoms with Crippen molar-refractivity contribution in [3.05, 3.63) is 77.6 Å². The molecule has 0 unspecified atom stereocenters. The molecule has 17 nitrogen and oxygen atoms in total. The van der Waals surface area contributed by atoms with Gasteiger partial charge in [0.1, 0.15) is 17.3 Å². The van der Waals surface area contributed by atoms with Gasteiger partial charge < -0.3 is 31.1 Å². The summed E-state index contributed by atoms with van der Waals surface area (Å²) < 4.78 is 37.1. The lowest BCUT2D eigenvalue weighted by atomic mass is 9.81. The Morgan fingerprint density at radius 1 is 0.952 bits per heavy atom. The van der Waals surface area contributed by atoms with Crippen LogP contribution in [0.5, 0.6) is 0 Å². The Bertz CT molecular complexity index is 2210. The fraction of sp³-hybridized carbons (Fsp3) is 0.465. The van der Waals surface area contributed by atoms with E-state index in [0.29, 0.717) is 42.2 Å². The van der Waals surface area contributed by atoms with Crippen molar-refractivity contribution in [3.8, 4) is 22.5 Å². The number of hydrogen-bond donors (Lipinski definition) is 5. The number of nitrogens with zero attached hydrogens (tertiary/aromatic N) is 6. The number of aromatic amines is 1. The van der Waals surface area contributed by atoms with E-state index in [9.17, 15) is 32.3 Å². The van der Waals surface area contributed by atoms with Crippen LogP contribution in [0, 0.1) is 18.8 Å². The number of alkyl halides is 3. The monoisotopic (exact) mass is 878 g/mol. The fourth-order valence-electron chi connectivity index (χ4n) is 7.54. The minimum absolute atomic E-state index is 0.114. The summed E-state index contributed by atoms with van der Waals surface area (Å²) in [5.74, 6) is -3.48. The van der Waals surface area contributed by atoms with Crippen LogP contribution in [0.3, 0.4) is 0 Å². The molecular formula is C43H53F3N10O7. The molecule has 6 N–H and O–H groups in total. The number of aliphatic carboxylic acids is 1. The van der Waals surface area contributed by atoms with Crippen LogP contribution in [0.4, 0.5) is 23.7 Å². The maximum atomic E-state index is 14.5. The number of halogens is 3. The number of nitrogens with two attached hydrogens (primary N) is 1. The number of likely N-dealkylation sites (N-methyl/N-ethyl adjacent to an activating group) is 1. The molecule has 2 aliphatic rings. The zero-order chi connectivity index (χ0) is 46.1. The lowest BCUT2D eigenvalue weighted by Gasteiger charge is -2.36. The second-order valence-corrected chi connectivity index (χ2v) is 16.8. The van der Waals surface area contributed by atoms with E-state index in [1.165, 1.54) is 0 Å². The number of nitrogens with one attached hydrogen (secondary N) is 3. The molecule has 4 amide bonds. The van der Waals surface area contributed by atoms with E-state index >= 15 is 0 Å². The summed E-state index contributed by atoms with van der Waals surface area (Å²) in [6.07, 6.45) is -1.77. The van der Waals surface area contributed by atoms with Gasteiger partial charge in [-0.3, -0.25) is 19.3 Å². The van der Waals surface area contributed by atoms with E-state index in [2.05, 4.69) is 41.1 Å². The molecule has 1 saturated heterocycles. The predicted molar refractivity (Wildman–Crippen MR) is 225 cm³/mol. The molecule has 1 saturated carbocycles. The molecule has 2 atom stereocenters. The first kappa shape index (κ1) is 47.6. The van der Waals surface area contributed by atoms with Crippen molar-refractivity contribution < 1.29 is 47.0 Å². The number of carboxylic acid groups (broad SMARTS) is 1. The number of pyridine rings is 1. The molecule has 338 valence electrons. The van der Waals surface area contributed by atoms with Crippen molar-refractivity contribution in [2.75, 3.05) is 31.6 Å². The van der Waals surface area contributed by atoms with Crippen molar-refractivity contribution in [1.29, 1.82) is 0 Å². The number of anilines is 1. The molecule has 1 aliphatic heterocycles. The number of H-pyrrole nitrogens is 1. The molecule has 2 aromatic carbocycles. The summed E-state index contributed by atoms with van der Waals surface area (Å²) in [6, 6.07) is 17.6. The third kappa shape index (κ3) is 13.5. The largest absolute Gasteiger partial charge is 0.490 e. The van der Waals surface area contributed by atoms with Crippen molar-refractivity contribution in [2.24, 2.45) is 17.6 Å². The molecule has 20 heteroatoms. The minimum Gasteiger partial charge on any atom is -0.475 e. The van der Waals surface area contributed by atoms with Gasteiger partial charge in [0.15, 0.2) is 0 Å². The first-order valence-corrected chi connectivity index (χ1v) is 20.5. The van der Waals surface area contributed by atoms with Crippen LogP contribution in [0.25, 0.3) is 22.5 Å². The normalized spacial score (nSPS) is 18.3. The number of carboxylic acids is 1. The number of benzene rings is 2. The number of hydrogen-bond acceptors (Lipinski definition) is 11. The summed E-state index contributed by atoms with van der Waals surface area (Å²) in [4.78, 5) is 70.2. The molecular weight excluding hydrogens is 826 g/mol. The number of likely N-dealkylation sites (tertiary alicyclic amines) is 1. The number of alkyl carbamates (subject to hydrolysis) is 1. The van der Waals surface area contributed by atoms with Crippen molar-refractivity contribution in [2.45, 2.75) is 90.1 Å². The van der Waals surface area contributed by atoms with E-state index in [-0.39, 0.29) is 36.1 Å². The van der Waals surface area contributed by atoms with Crippen LogP contribution >= 0.6 is 0 Å². The second kappa shape index (κ2) is 20.6. The molecule has 1 aliphatic carbocycles. The first-order chi connectivity index (χ1) is 29.7. The highest BCUT2D eigenvalue weighted by atomic mass is 19.4. The lowest BCUT2D eigenvalue weighted by Crippen LogP contribution is -2.52. The average Bonchev–Trinajstić information content (AvgIpc) is 3.92. The SMILES string of the molecule is Cc1nc(C(=O)N[C@@H]2CCN(C)C2)ccc1-c1ccc(C[C@@H](C(N)=O)N(c2ccc(-c3nn[nH]n3)cc2)C(=O)[C@H]2CC[C@H](CNC(=O)OC(C)(C)C)CC2)cc1.O=C(O)C(F)(F)F. The molecule has 63 heavy (non-hydrogen) atoms. The van der Waals surface area contributed by atoms with Gasteiger partial charge in [-0.2, -0.15) is 18.4 Å². The van der Waals surface area contributed by atoms with Crippen LogP contribution in [0.1, 0.15) is 74.6 Å². The third-order valence-corrected chi connectivity index (χ3v) is 10.7. The van der Waals surface area contributed by atoms with Gasteiger partial charge in [0.05, 0.1) is 0 Å². The van der Waals surface area contributed by atoms with Gasteiger partial charge in [0.2, 0.25) is 17.6 Å². The lowest BCUT2D eigenvalue weighted by molar-refractivity contribution is -0.192. The Labute approximate surface area is 362 Å². The number of carbonyl (C=O) groups is 5. The summed E-state index contributed by atoms with van der Waals surface area (Å²) in [5.41, 5.74) is 10.5. The summed E-state index contributed by atoms with van der Waals surface area (Å²) in [7, 11) is 2.04. The van der Waals surface area contributed by atoms with Crippen LogP contribution in [-0.4, -0.2) is 116 Å². The van der Waals surface area contributed by atoms with Crippen molar-refractivity contribution >= 4 is 35.5 Å². The third-order valence-electron chi connectivity index (χ3n) is 10.7. The fourth-order valence-corrected chi connectivity index (χ4v) is 7.54. The van der Waals surface area contributed by atoms with Gasteiger partial charge >= 0.3 is 18.2 Å². The molecule has 0 bridgehead atoms. The van der Waals surface area contributed by atoms with Crippen LogP contribution in [0.15, 0.2) is 60.7 Å². The Morgan fingerprint density at radius 3 is 2.11 bits per heavy atom. The number of primary amides is 1. The maximum Gasteiger partial charge on any atom is 0.490 e. The van der Waals surface area contributed by atoms with E-state index in [0.717, 1.165) is 54.7 Å². The highest BCUT2D eigenvalue weighted by Crippen LogP contribution is 2.34. The molecule has 6 rings (SSSR count). The Kier molecular flexibility index (Phi) is 15.6. The van der Waals surface area contributed by atoms with Gasteiger partial charge in [0.25, 0.3) is 5.91 Å². The number of ether oxygens (including phenoxy) is 1. The van der Waals surface area contributed by atoms with Gasteiger partial charge in [0, 0.05) is 54.0 Å². The molecule has 0 spiro atoms. The second-order valence-electron chi connectivity index (χ2n) is 16.8. The highest BCUT2D eigenvalue weighted by molar-refractivity contribution is 6.02. The van der Waals surface area contributed by atoms with Crippen LogP contribution in [0.2, 0.25) is 0 Å². The van der Waals surface area contributed by atoms with Gasteiger partial charge in [-0.25, -0.2) is 14.6 Å². The highest BCUT2D eigenvalue weighted by Gasteiger charge is 2.38. The first-order valence-electron chi connectivity index (χ1n) is 20.5. The van der Waals surface area contributed by atoms with Crippen molar-refractivity contribution in [1.82, 2.24) is 41.1 Å². The summed E-state index contributed by atoms with van der Waals surface area (Å²) in [5, 5.41) is 27.2. The number of rotatable bonds is 12. The van der Waals surface area contributed by atoms with Crippen LogP contribution < -0.4 is 21.3 Å². The van der Waals surface area contributed by atoms with Gasteiger partial charge in [-0.05, 0) is 126 Å². The van der Waals surface area contributed by atoms with Crippen LogP contribution in [-0.2, 0) is 25.5 Å². The smallest absolute Gasteiger partial charge is 0.475 e. The minimum atomic E-state index is -5.08. The molecule has 4 aromatic rings. The zero-order valence-electron chi connectivity index (χ0n) is 35.7. The number of aromatic nitrogens is 5. The standard InChI is InChI=1S/C41H52N10O5.C2HF3O2/c1-25-33(18-19-34(44-25)38(53)45-31-20-21-50(5)24-31)28-10-6-26(7-11-28)22-35(36(42)52)51(32-16-14-29(15-17-32)37-46-48-49-47-37)39(54)30-12-8-27(9-13-30)23-43-40(55)56-41(2,3)4;3-2(4,5)1(6)7/h6-7,10-11,14-19,27,30-31,35H,8-9,12-13,20-24H2,1-5H3,(H2,42,52)(H,43,55)(H,45,53)(H,46,47,48,49);(H,6,7)/t27-,30-,31-,35+;/m1./s1. The molecule has 3 heterocycles. The van der Waals surface area contributed by atoms with Crippen molar-refractivity contribution in [3.63, 3.8) is 0 Å². The number of tetrazole rings is 1. The Hall–Kier alpha value is -6.44. The van der Waals surface area contributed by atoms with E-state index in [1.807, 2.05) is 65.1 Å². The van der Waals surface area contributed by atoms with E-state index in [1.54, 1.807) is 35.2 Å². The molecule has 2 aromatic heterocycles. The van der Waals surface area contributed by atoms with E-state index in [4.69, 9.17) is 20.4 Å². The average molecular weight is 879 g/mol. The molecule has 2 fully saturated rings. The number of amides is 4. The zero-order valence-corrected chi connectivity index (χ0v) is 35.7. The number of carbonyl (C=O) groups excluding carboxylic acids is 4. The predicted octanol–water partition coefficient (Wildman–Crippen LogP) is 5.07. The van der Waals surface area contributed by atoms with Gasteiger partial charge in [-0.15, -0.1) is 10.2 Å². The van der Waals surface area contributed by atoms with Gasteiger partial charge in [-0.1, -0.05) is 30.3 Å². The number of aryl methyl sites for hydroxylation is 1. The summed E-state index contributed by atoms with van der Waals surface area (Å²) >= 11 is 0. The van der Waals surface area contributed by atoms with E-state index < -0.39 is 35.8 Å². The molecule has 0 radical (unpaired) electrons. The maximum absolute atomic E-state index is 14.5. The Morgan fingerprint density at radius 2 is 1.59 bits per heavy atom.